The number of nitrogens with zero attached hydrogens (tertiary/aromatic N) is 1. The molecule has 0 bridgehead atoms. The highest BCUT2D eigenvalue weighted by Crippen LogP contribution is 2.34. The van der Waals surface area contributed by atoms with Crippen LogP contribution in [-0.2, 0) is 0 Å². The minimum atomic E-state index is -1.14. The second-order valence-electron chi connectivity index (χ2n) is 5.73. The number of nitrogens with one attached hydrogen (secondary N) is 1. The summed E-state index contributed by atoms with van der Waals surface area (Å²) in [6, 6.07) is 16.4. The van der Waals surface area contributed by atoms with Gasteiger partial charge in [0.1, 0.15) is 5.01 Å². The lowest BCUT2D eigenvalue weighted by Crippen LogP contribution is -2.14. The SMILES string of the molecule is O=C(Nc1ccccc1-c1nc2ccccc2s1)c1cc(F)c(F)cc1Cl. The molecule has 0 saturated heterocycles. The van der Waals surface area contributed by atoms with Crippen LogP contribution in [0.1, 0.15) is 10.4 Å². The predicted octanol–water partition coefficient (Wildman–Crippen LogP) is 6.15. The minimum absolute atomic E-state index is 0.144. The smallest absolute Gasteiger partial charge is 0.257 e. The fourth-order valence-electron chi connectivity index (χ4n) is 2.65. The number of carbonyl (C=O) groups excluding carboxylic acids is 1. The summed E-state index contributed by atoms with van der Waals surface area (Å²) >= 11 is 7.39. The number of amides is 1. The molecule has 0 atom stereocenters. The number of rotatable bonds is 3. The van der Waals surface area contributed by atoms with Crippen molar-refractivity contribution < 1.29 is 13.6 Å². The van der Waals surface area contributed by atoms with Gasteiger partial charge in [0.15, 0.2) is 11.6 Å². The number of para-hydroxylation sites is 2. The lowest BCUT2D eigenvalue weighted by molar-refractivity contribution is 0.102. The molecule has 27 heavy (non-hydrogen) atoms. The van der Waals surface area contributed by atoms with E-state index in [2.05, 4.69) is 10.3 Å². The topological polar surface area (TPSA) is 42.0 Å². The van der Waals surface area contributed by atoms with Gasteiger partial charge >= 0.3 is 0 Å². The van der Waals surface area contributed by atoms with Gasteiger partial charge in [-0.1, -0.05) is 35.9 Å². The number of hydrogen-bond acceptors (Lipinski definition) is 3. The number of fused-ring (bicyclic) bond motifs is 1. The van der Waals surface area contributed by atoms with Gasteiger partial charge in [0.05, 0.1) is 26.5 Å². The Morgan fingerprint density at radius 2 is 1.70 bits per heavy atom. The zero-order valence-electron chi connectivity index (χ0n) is 13.7. The van der Waals surface area contributed by atoms with Crippen molar-refractivity contribution in [2.45, 2.75) is 0 Å². The average molecular weight is 401 g/mol. The van der Waals surface area contributed by atoms with Crippen LogP contribution < -0.4 is 5.32 Å². The van der Waals surface area contributed by atoms with Crippen molar-refractivity contribution in [1.82, 2.24) is 4.98 Å². The van der Waals surface area contributed by atoms with Gasteiger partial charge in [-0.2, -0.15) is 0 Å². The second kappa shape index (κ2) is 7.06. The molecule has 0 saturated carbocycles. The van der Waals surface area contributed by atoms with Crippen LogP contribution in [0.2, 0.25) is 5.02 Å². The monoisotopic (exact) mass is 400 g/mol. The quantitative estimate of drug-likeness (QED) is 0.419. The average Bonchev–Trinajstić information content (AvgIpc) is 3.09. The normalized spacial score (nSPS) is 10.9. The van der Waals surface area contributed by atoms with E-state index < -0.39 is 17.5 Å². The molecule has 1 N–H and O–H groups in total. The summed E-state index contributed by atoms with van der Waals surface area (Å²) in [5.41, 5.74) is 1.95. The number of thiazole rings is 1. The fraction of sp³-hybridized carbons (Fsp3) is 0. The number of hydrogen-bond donors (Lipinski definition) is 1. The Morgan fingerprint density at radius 3 is 2.52 bits per heavy atom. The molecule has 0 spiro atoms. The molecule has 0 radical (unpaired) electrons. The van der Waals surface area contributed by atoms with Gasteiger partial charge < -0.3 is 5.32 Å². The number of carbonyl (C=O) groups is 1. The Balaban J connectivity index is 1.71. The van der Waals surface area contributed by atoms with Crippen molar-refractivity contribution in [2.24, 2.45) is 0 Å². The van der Waals surface area contributed by atoms with Crippen LogP contribution in [0.25, 0.3) is 20.8 Å². The maximum absolute atomic E-state index is 13.5. The zero-order chi connectivity index (χ0) is 19.0. The Labute approximate surface area is 162 Å². The van der Waals surface area contributed by atoms with Crippen LogP contribution in [0.5, 0.6) is 0 Å². The summed E-state index contributed by atoms with van der Waals surface area (Å²) in [5, 5.41) is 3.29. The Bertz CT molecular complexity index is 1140. The van der Waals surface area contributed by atoms with Crippen molar-refractivity contribution in [3.63, 3.8) is 0 Å². The third-order valence-electron chi connectivity index (χ3n) is 3.95. The molecule has 7 heteroatoms. The van der Waals surface area contributed by atoms with Crippen LogP contribution in [0, 0.1) is 11.6 Å². The summed E-state index contributed by atoms with van der Waals surface area (Å²) in [4.78, 5) is 17.2. The first-order chi connectivity index (χ1) is 13.0. The van der Waals surface area contributed by atoms with E-state index in [1.165, 1.54) is 11.3 Å². The first-order valence-corrected chi connectivity index (χ1v) is 9.13. The molecule has 0 aliphatic carbocycles. The van der Waals surface area contributed by atoms with E-state index in [9.17, 15) is 13.6 Å². The summed E-state index contributed by atoms with van der Waals surface area (Å²) in [6.07, 6.45) is 0. The van der Waals surface area contributed by atoms with Gasteiger partial charge in [-0.3, -0.25) is 4.79 Å². The molecular weight excluding hydrogens is 390 g/mol. The van der Waals surface area contributed by atoms with Crippen LogP contribution >= 0.6 is 22.9 Å². The number of aromatic nitrogens is 1. The molecule has 3 nitrogen and oxygen atoms in total. The third kappa shape index (κ3) is 3.41. The first kappa shape index (κ1) is 17.6. The minimum Gasteiger partial charge on any atom is -0.321 e. The van der Waals surface area contributed by atoms with Gasteiger partial charge in [0.2, 0.25) is 0 Å². The highest BCUT2D eigenvalue weighted by molar-refractivity contribution is 7.21. The molecule has 0 unspecified atom stereocenters. The van der Waals surface area contributed by atoms with Gasteiger partial charge in [-0.25, -0.2) is 13.8 Å². The van der Waals surface area contributed by atoms with Gasteiger partial charge in [0, 0.05) is 5.56 Å². The summed E-state index contributed by atoms with van der Waals surface area (Å²) in [7, 11) is 0. The molecule has 1 heterocycles. The highest BCUT2D eigenvalue weighted by Gasteiger charge is 2.17. The van der Waals surface area contributed by atoms with E-state index in [0.29, 0.717) is 5.69 Å². The number of halogens is 3. The van der Waals surface area contributed by atoms with E-state index in [0.717, 1.165) is 32.9 Å². The van der Waals surface area contributed by atoms with E-state index in [-0.39, 0.29) is 10.6 Å². The molecular formula is C20H11ClF2N2OS. The molecule has 4 aromatic rings. The van der Waals surface area contributed by atoms with E-state index in [1.807, 2.05) is 36.4 Å². The molecule has 1 amide bonds. The standard InChI is InChI=1S/C20H11ClF2N2OS/c21-13-10-15(23)14(22)9-12(13)19(26)24-16-6-2-1-5-11(16)20-25-17-7-3-4-8-18(17)27-20/h1-10H,(H,24,26). The van der Waals surface area contributed by atoms with Gasteiger partial charge in [-0.05, 0) is 36.4 Å². The molecule has 0 fully saturated rings. The zero-order valence-corrected chi connectivity index (χ0v) is 15.2. The molecule has 0 aliphatic rings. The molecule has 134 valence electrons. The molecule has 0 aliphatic heterocycles. The lowest BCUT2D eigenvalue weighted by atomic mass is 10.1. The van der Waals surface area contributed by atoms with Crippen molar-refractivity contribution in [2.75, 3.05) is 5.32 Å². The Kier molecular flexibility index (Phi) is 4.59. The largest absolute Gasteiger partial charge is 0.321 e. The van der Waals surface area contributed by atoms with Crippen LogP contribution in [0.3, 0.4) is 0 Å². The van der Waals surface area contributed by atoms with Crippen LogP contribution in [0.15, 0.2) is 60.7 Å². The van der Waals surface area contributed by atoms with E-state index in [4.69, 9.17) is 11.6 Å². The van der Waals surface area contributed by atoms with Crippen LogP contribution in [-0.4, -0.2) is 10.9 Å². The number of benzene rings is 3. The summed E-state index contributed by atoms with van der Waals surface area (Å²) < 4.78 is 27.8. The van der Waals surface area contributed by atoms with Gasteiger partial charge in [-0.15, -0.1) is 11.3 Å². The van der Waals surface area contributed by atoms with Crippen molar-refractivity contribution >= 4 is 44.7 Å². The fourth-order valence-corrected chi connectivity index (χ4v) is 3.89. The third-order valence-corrected chi connectivity index (χ3v) is 5.34. The predicted molar refractivity (Wildman–Crippen MR) is 104 cm³/mol. The van der Waals surface area contributed by atoms with E-state index in [1.54, 1.807) is 12.1 Å². The molecule has 3 aromatic carbocycles. The Hall–Kier alpha value is -2.83. The maximum atomic E-state index is 13.5. The van der Waals surface area contributed by atoms with Gasteiger partial charge in [0.25, 0.3) is 5.91 Å². The number of anilines is 1. The lowest BCUT2D eigenvalue weighted by Gasteiger charge is -2.10. The highest BCUT2D eigenvalue weighted by atomic mass is 35.5. The maximum Gasteiger partial charge on any atom is 0.257 e. The van der Waals surface area contributed by atoms with Crippen molar-refractivity contribution in [1.29, 1.82) is 0 Å². The summed E-state index contributed by atoms with van der Waals surface area (Å²) in [5.74, 6) is -2.87. The summed E-state index contributed by atoms with van der Waals surface area (Å²) in [6.45, 7) is 0. The van der Waals surface area contributed by atoms with Crippen molar-refractivity contribution in [3.8, 4) is 10.6 Å². The Morgan fingerprint density at radius 1 is 1.00 bits per heavy atom. The molecule has 4 rings (SSSR count). The molecule has 1 aromatic heterocycles. The second-order valence-corrected chi connectivity index (χ2v) is 7.17. The first-order valence-electron chi connectivity index (χ1n) is 7.94. The van der Waals surface area contributed by atoms with Crippen molar-refractivity contribution in [3.05, 3.63) is 82.9 Å². The van der Waals surface area contributed by atoms with Crippen LogP contribution in [0.4, 0.5) is 14.5 Å². The van der Waals surface area contributed by atoms with E-state index >= 15 is 0 Å².